The minimum atomic E-state index is -0.0673. The third-order valence-corrected chi connectivity index (χ3v) is 4.54. The molecule has 1 heterocycles. The van der Waals surface area contributed by atoms with Crippen LogP contribution in [0.3, 0.4) is 0 Å². The molecule has 1 aromatic carbocycles. The smallest absolute Gasteiger partial charge is 0.253 e. The van der Waals surface area contributed by atoms with Gasteiger partial charge in [-0.05, 0) is 37.6 Å². The molecule has 0 unspecified atom stereocenters. The lowest BCUT2D eigenvalue weighted by Gasteiger charge is -2.29. The molecule has 27 heavy (non-hydrogen) atoms. The van der Waals surface area contributed by atoms with E-state index in [9.17, 15) is 9.59 Å². The Kier molecular flexibility index (Phi) is 9.07. The van der Waals surface area contributed by atoms with Gasteiger partial charge in [0.05, 0.1) is 6.61 Å². The summed E-state index contributed by atoms with van der Waals surface area (Å²) in [6.07, 6.45) is 1.08. The Morgan fingerprint density at radius 1 is 1.15 bits per heavy atom. The summed E-state index contributed by atoms with van der Waals surface area (Å²) < 4.78 is 10.5. The van der Waals surface area contributed by atoms with Crippen LogP contribution < -0.4 is 10.1 Å². The molecule has 1 aromatic rings. The van der Waals surface area contributed by atoms with E-state index in [0.29, 0.717) is 38.3 Å². The molecule has 1 saturated heterocycles. The number of rotatable bonds is 10. The van der Waals surface area contributed by atoms with Crippen molar-refractivity contribution in [1.29, 1.82) is 0 Å². The van der Waals surface area contributed by atoms with Crippen LogP contribution in [0.25, 0.3) is 0 Å². The summed E-state index contributed by atoms with van der Waals surface area (Å²) in [5.74, 6) is 0.781. The maximum absolute atomic E-state index is 12.9. The van der Waals surface area contributed by atoms with Gasteiger partial charge < -0.3 is 24.6 Å². The van der Waals surface area contributed by atoms with Crippen molar-refractivity contribution in [3.8, 4) is 5.75 Å². The van der Waals surface area contributed by atoms with Crippen LogP contribution in [-0.2, 0) is 9.53 Å². The Hall–Kier alpha value is -2.12. The van der Waals surface area contributed by atoms with E-state index in [2.05, 4.69) is 5.32 Å². The summed E-state index contributed by atoms with van der Waals surface area (Å²) in [6, 6.07) is 7.15. The molecule has 2 amide bonds. The predicted octanol–water partition coefficient (Wildman–Crippen LogP) is 1.39. The fourth-order valence-corrected chi connectivity index (χ4v) is 3.06. The fourth-order valence-electron chi connectivity index (χ4n) is 3.06. The molecule has 0 atom stereocenters. The zero-order chi connectivity index (χ0) is 19.5. The van der Waals surface area contributed by atoms with Crippen LogP contribution in [0, 0.1) is 0 Å². The third kappa shape index (κ3) is 6.84. The highest BCUT2D eigenvalue weighted by Crippen LogP contribution is 2.14. The standard InChI is InChI=1S/C20H31N3O4/c1-3-27-18-7-5-17(6-8-18)20(25)23(12-4-16-26-2)13-9-19(24)22-14-10-21-11-15-22/h5-8,21H,3-4,9-16H2,1-2H3. The van der Waals surface area contributed by atoms with Gasteiger partial charge in [-0.2, -0.15) is 0 Å². The number of amides is 2. The summed E-state index contributed by atoms with van der Waals surface area (Å²) >= 11 is 0. The van der Waals surface area contributed by atoms with Crippen LogP contribution in [0.4, 0.5) is 0 Å². The molecule has 7 nitrogen and oxygen atoms in total. The number of methoxy groups -OCH3 is 1. The van der Waals surface area contributed by atoms with Gasteiger partial charge in [0.2, 0.25) is 5.91 Å². The second-order valence-corrected chi connectivity index (χ2v) is 6.48. The first-order valence-corrected chi connectivity index (χ1v) is 9.65. The van der Waals surface area contributed by atoms with Crippen LogP contribution in [0.2, 0.25) is 0 Å². The number of hydrogen-bond acceptors (Lipinski definition) is 5. The van der Waals surface area contributed by atoms with Gasteiger partial charge in [-0.15, -0.1) is 0 Å². The number of nitrogens with zero attached hydrogens (tertiary/aromatic N) is 2. The van der Waals surface area contributed by atoms with Gasteiger partial charge in [0.25, 0.3) is 5.91 Å². The second kappa shape index (κ2) is 11.6. The highest BCUT2D eigenvalue weighted by Gasteiger charge is 2.20. The molecule has 0 saturated carbocycles. The lowest BCUT2D eigenvalue weighted by molar-refractivity contribution is -0.131. The summed E-state index contributed by atoms with van der Waals surface area (Å²) in [5.41, 5.74) is 0.602. The topological polar surface area (TPSA) is 71.1 Å². The maximum atomic E-state index is 12.9. The molecule has 150 valence electrons. The highest BCUT2D eigenvalue weighted by molar-refractivity contribution is 5.94. The van der Waals surface area contributed by atoms with E-state index < -0.39 is 0 Å². The summed E-state index contributed by atoms with van der Waals surface area (Å²) in [6.45, 7) is 7.19. The number of carbonyl (C=O) groups excluding carboxylic acids is 2. The first-order valence-electron chi connectivity index (χ1n) is 9.65. The molecule has 1 fully saturated rings. The van der Waals surface area contributed by atoms with Crippen molar-refractivity contribution >= 4 is 11.8 Å². The van der Waals surface area contributed by atoms with Crippen molar-refractivity contribution in [2.24, 2.45) is 0 Å². The molecule has 0 aliphatic carbocycles. The second-order valence-electron chi connectivity index (χ2n) is 6.48. The largest absolute Gasteiger partial charge is 0.494 e. The number of ether oxygens (including phenoxy) is 2. The molecule has 0 spiro atoms. The molecule has 1 aliphatic rings. The number of nitrogens with one attached hydrogen (secondary N) is 1. The zero-order valence-electron chi connectivity index (χ0n) is 16.4. The fraction of sp³-hybridized carbons (Fsp3) is 0.600. The summed E-state index contributed by atoms with van der Waals surface area (Å²) in [5, 5.41) is 3.24. The Bertz CT molecular complexity index is 585. The van der Waals surface area contributed by atoms with E-state index in [1.165, 1.54) is 0 Å². The van der Waals surface area contributed by atoms with Crippen LogP contribution in [0.15, 0.2) is 24.3 Å². The minimum absolute atomic E-state index is 0.0673. The van der Waals surface area contributed by atoms with Crippen LogP contribution in [0.1, 0.15) is 30.1 Å². The van der Waals surface area contributed by atoms with E-state index in [1.54, 1.807) is 36.3 Å². The maximum Gasteiger partial charge on any atom is 0.253 e. The van der Waals surface area contributed by atoms with Gasteiger partial charge in [0.15, 0.2) is 0 Å². The number of benzene rings is 1. The monoisotopic (exact) mass is 377 g/mol. The SMILES string of the molecule is CCOc1ccc(C(=O)N(CCCOC)CCC(=O)N2CCNCC2)cc1. The molecular weight excluding hydrogens is 346 g/mol. The van der Waals surface area contributed by atoms with Crippen molar-refractivity contribution < 1.29 is 19.1 Å². The quantitative estimate of drug-likeness (QED) is 0.624. The van der Waals surface area contributed by atoms with E-state index in [0.717, 1.165) is 38.3 Å². The van der Waals surface area contributed by atoms with E-state index in [1.807, 2.05) is 11.8 Å². The lowest BCUT2D eigenvalue weighted by atomic mass is 10.1. The van der Waals surface area contributed by atoms with E-state index in [4.69, 9.17) is 9.47 Å². The number of piperazine rings is 1. The van der Waals surface area contributed by atoms with Gasteiger partial charge in [0, 0.05) is 65.0 Å². The van der Waals surface area contributed by atoms with Crippen molar-refractivity contribution in [3.63, 3.8) is 0 Å². The Morgan fingerprint density at radius 3 is 2.48 bits per heavy atom. The first-order chi connectivity index (χ1) is 13.2. The van der Waals surface area contributed by atoms with Crippen molar-refractivity contribution in [1.82, 2.24) is 15.1 Å². The van der Waals surface area contributed by atoms with E-state index in [-0.39, 0.29) is 11.8 Å². The Balaban J connectivity index is 1.96. The van der Waals surface area contributed by atoms with Crippen molar-refractivity contribution in [2.45, 2.75) is 19.8 Å². The lowest BCUT2D eigenvalue weighted by Crippen LogP contribution is -2.47. The molecule has 0 bridgehead atoms. The predicted molar refractivity (Wildman–Crippen MR) is 104 cm³/mol. The molecule has 0 radical (unpaired) electrons. The normalized spacial score (nSPS) is 14.1. The molecule has 1 aliphatic heterocycles. The summed E-state index contributed by atoms with van der Waals surface area (Å²) in [7, 11) is 1.65. The van der Waals surface area contributed by atoms with Gasteiger partial charge in [-0.3, -0.25) is 9.59 Å². The van der Waals surface area contributed by atoms with Crippen molar-refractivity contribution in [3.05, 3.63) is 29.8 Å². The zero-order valence-corrected chi connectivity index (χ0v) is 16.4. The molecular formula is C20H31N3O4. The first kappa shape index (κ1) is 21.2. The number of carbonyl (C=O) groups is 2. The average molecular weight is 377 g/mol. The number of hydrogen-bond donors (Lipinski definition) is 1. The summed E-state index contributed by atoms with van der Waals surface area (Å²) in [4.78, 5) is 28.9. The van der Waals surface area contributed by atoms with Gasteiger partial charge in [0.1, 0.15) is 5.75 Å². The molecule has 2 rings (SSSR count). The van der Waals surface area contributed by atoms with Crippen LogP contribution in [-0.4, -0.2) is 81.2 Å². The van der Waals surface area contributed by atoms with Crippen LogP contribution >= 0.6 is 0 Å². The third-order valence-electron chi connectivity index (χ3n) is 4.54. The van der Waals surface area contributed by atoms with Gasteiger partial charge in [-0.25, -0.2) is 0 Å². The molecule has 0 aromatic heterocycles. The Labute approximate surface area is 161 Å². The van der Waals surface area contributed by atoms with Crippen molar-refractivity contribution in [2.75, 3.05) is 59.6 Å². The van der Waals surface area contributed by atoms with Crippen LogP contribution in [0.5, 0.6) is 5.75 Å². The van der Waals surface area contributed by atoms with Gasteiger partial charge >= 0.3 is 0 Å². The van der Waals surface area contributed by atoms with Gasteiger partial charge in [-0.1, -0.05) is 0 Å². The van der Waals surface area contributed by atoms with E-state index >= 15 is 0 Å². The minimum Gasteiger partial charge on any atom is -0.494 e. The highest BCUT2D eigenvalue weighted by atomic mass is 16.5. The Morgan fingerprint density at radius 2 is 1.85 bits per heavy atom. The molecule has 7 heteroatoms. The molecule has 1 N–H and O–H groups in total. The average Bonchev–Trinajstić information content (AvgIpc) is 2.71.